The number of carbonyl (C=O) groups excluding carboxylic acids is 1. The molecule has 0 aromatic carbocycles. The predicted molar refractivity (Wildman–Crippen MR) is 53.3 cm³/mol. The molecule has 76 valence electrons. The minimum atomic E-state index is -0.530. The summed E-state index contributed by atoms with van der Waals surface area (Å²) in [5.41, 5.74) is 5.13. The molecule has 0 unspecified atom stereocenters. The standard InChI is InChI=1S/C10H19NO2/c1-5-6-7-8(11)9(12)13-10(2,3)4/h5,8H,1,6-7,11H2,2-4H3/t8-/m0/s1. The molecular formula is C10H19NO2. The molecule has 0 rings (SSSR count). The van der Waals surface area contributed by atoms with Gasteiger partial charge in [0.05, 0.1) is 0 Å². The van der Waals surface area contributed by atoms with Crippen LogP contribution in [0.25, 0.3) is 0 Å². The smallest absolute Gasteiger partial charge is 0.323 e. The van der Waals surface area contributed by atoms with Gasteiger partial charge in [0.15, 0.2) is 0 Å². The second-order valence-corrected chi connectivity index (χ2v) is 4.01. The number of carbonyl (C=O) groups is 1. The molecule has 3 nitrogen and oxygen atoms in total. The summed E-state index contributed by atoms with van der Waals surface area (Å²) in [6.45, 7) is 9.03. The van der Waals surface area contributed by atoms with E-state index < -0.39 is 11.6 Å². The van der Waals surface area contributed by atoms with Crippen LogP contribution >= 0.6 is 0 Å². The largest absolute Gasteiger partial charge is 0.459 e. The molecule has 2 N–H and O–H groups in total. The van der Waals surface area contributed by atoms with Gasteiger partial charge in [-0.15, -0.1) is 6.58 Å². The second-order valence-electron chi connectivity index (χ2n) is 4.01. The summed E-state index contributed by atoms with van der Waals surface area (Å²) in [6.07, 6.45) is 3.07. The number of esters is 1. The summed E-state index contributed by atoms with van der Waals surface area (Å²) in [4.78, 5) is 11.3. The third-order valence-corrected chi connectivity index (χ3v) is 1.39. The molecule has 0 aromatic rings. The Hall–Kier alpha value is -0.830. The highest BCUT2D eigenvalue weighted by Crippen LogP contribution is 2.09. The minimum Gasteiger partial charge on any atom is -0.459 e. The van der Waals surface area contributed by atoms with Gasteiger partial charge in [0.25, 0.3) is 0 Å². The van der Waals surface area contributed by atoms with Gasteiger partial charge < -0.3 is 10.5 Å². The van der Waals surface area contributed by atoms with E-state index in [0.29, 0.717) is 6.42 Å². The zero-order chi connectivity index (χ0) is 10.5. The van der Waals surface area contributed by atoms with Crippen molar-refractivity contribution in [2.24, 2.45) is 5.73 Å². The summed E-state index contributed by atoms with van der Waals surface area (Å²) in [5.74, 6) is -0.339. The van der Waals surface area contributed by atoms with E-state index in [1.165, 1.54) is 0 Å². The summed E-state index contributed by atoms with van der Waals surface area (Å²) in [6, 6.07) is -0.530. The fourth-order valence-corrected chi connectivity index (χ4v) is 0.793. The third kappa shape index (κ3) is 6.34. The Kier molecular flexibility index (Phi) is 4.70. The van der Waals surface area contributed by atoms with Crippen LogP contribution in [-0.4, -0.2) is 17.6 Å². The van der Waals surface area contributed by atoms with Crippen molar-refractivity contribution in [3.63, 3.8) is 0 Å². The normalized spacial score (nSPS) is 13.5. The van der Waals surface area contributed by atoms with Gasteiger partial charge in [-0.05, 0) is 33.6 Å². The molecule has 13 heavy (non-hydrogen) atoms. The van der Waals surface area contributed by atoms with E-state index in [-0.39, 0.29) is 5.97 Å². The van der Waals surface area contributed by atoms with Crippen molar-refractivity contribution in [2.75, 3.05) is 0 Å². The van der Waals surface area contributed by atoms with Crippen LogP contribution in [0.15, 0.2) is 12.7 Å². The molecule has 0 bridgehead atoms. The first kappa shape index (κ1) is 12.2. The van der Waals surface area contributed by atoms with Crippen LogP contribution in [0, 0.1) is 0 Å². The van der Waals surface area contributed by atoms with Crippen LogP contribution in [0.5, 0.6) is 0 Å². The molecule has 0 aromatic heterocycles. The van der Waals surface area contributed by atoms with Crippen molar-refractivity contribution >= 4 is 5.97 Å². The van der Waals surface area contributed by atoms with Crippen molar-refractivity contribution < 1.29 is 9.53 Å². The highest BCUT2D eigenvalue weighted by Gasteiger charge is 2.21. The molecule has 0 fully saturated rings. The Morgan fingerprint density at radius 2 is 2.15 bits per heavy atom. The van der Waals surface area contributed by atoms with E-state index in [4.69, 9.17) is 10.5 Å². The maximum atomic E-state index is 11.3. The van der Waals surface area contributed by atoms with E-state index in [9.17, 15) is 4.79 Å². The molecule has 1 atom stereocenters. The SMILES string of the molecule is C=CCC[C@H](N)C(=O)OC(C)(C)C. The maximum absolute atomic E-state index is 11.3. The van der Waals surface area contributed by atoms with Crippen LogP contribution in [0.4, 0.5) is 0 Å². The molecule has 0 aliphatic heterocycles. The van der Waals surface area contributed by atoms with E-state index in [2.05, 4.69) is 6.58 Å². The number of ether oxygens (including phenoxy) is 1. The van der Waals surface area contributed by atoms with Gasteiger partial charge in [-0.3, -0.25) is 4.79 Å². The zero-order valence-electron chi connectivity index (χ0n) is 8.67. The van der Waals surface area contributed by atoms with Crippen molar-refractivity contribution in [2.45, 2.75) is 45.3 Å². The zero-order valence-corrected chi connectivity index (χ0v) is 8.67. The summed E-state index contributed by atoms with van der Waals surface area (Å²) < 4.78 is 5.10. The number of rotatable bonds is 4. The van der Waals surface area contributed by atoms with Crippen LogP contribution in [0.3, 0.4) is 0 Å². The average molecular weight is 185 g/mol. The van der Waals surface area contributed by atoms with Crippen molar-refractivity contribution in [1.82, 2.24) is 0 Å². The Balaban J connectivity index is 3.89. The van der Waals surface area contributed by atoms with Gasteiger partial charge in [0.1, 0.15) is 11.6 Å². The van der Waals surface area contributed by atoms with Gasteiger partial charge in [-0.25, -0.2) is 0 Å². The lowest BCUT2D eigenvalue weighted by Gasteiger charge is -2.21. The van der Waals surface area contributed by atoms with Gasteiger partial charge >= 0.3 is 5.97 Å². The van der Waals surface area contributed by atoms with Crippen LogP contribution in [-0.2, 0) is 9.53 Å². The van der Waals surface area contributed by atoms with E-state index in [1.54, 1.807) is 6.08 Å². The van der Waals surface area contributed by atoms with E-state index >= 15 is 0 Å². The Morgan fingerprint density at radius 3 is 2.54 bits per heavy atom. The maximum Gasteiger partial charge on any atom is 0.323 e. The van der Waals surface area contributed by atoms with Crippen molar-refractivity contribution in [3.8, 4) is 0 Å². The molecule has 0 amide bonds. The number of nitrogens with two attached hydrogens (primary N) is 1. The van der Waals surface area contributed by atoms with Crippen LogP contribution in [0.2, 0.25) is 0 Å². The number of allylic oxidation sites excluding steroid dienone is 1. The lowest BCUT2D eigenvalue weighted by atomic mass is 10.1. The molecule has 0 aliphatic rings. The lowest BCUT2D eigenvalue weighted by molar-refractivity contribution is -0.156. The first-order chi connectivity index (χ1) is 5.87. The minimum absolute atomic E-state index is 0.339. The molecule has 3 heteroatoms. The number of hydrogen-bond acceptors (Lipinski definition) is 3. The van der Waals surface area contributed by atoms with Gasteiger partial charge in [0, 0.05) is 0 Å². The summed E-state index contributed by atoms with van der Waals surface area (Å²) in [7, 11) is 0. The average Bonchev–Trinajstić information content (AvgIpc) is 1.96. The van der Waals surface area contributed by atoms with E-state index in [0.717, 1.165) is 6.42 Å². The quantitative estimate of drug-likeness (QED) is 0.535. The van der Waals surface area contributed by atoms with Crippen LogP contribution < -0.4 is 5.73 Å². The first-order valence-electron chi connectivity index (χ1n) is 4.46. The molecule has 0 aliphatic carbocycles. The molecule has 0 spiro atoms. The topological polar surface area (TPSA) is 52.3 Å². The summed E-state index contributed by atoms with van der Waals surface area (Å²) in [5, 5.41) is 0. The van der Waals surface area contributed by atoms with Crippen LogP contribution in [0.1, 0.15) is 33.6 Å². The Bertz CT molecular complexity index is 182. The Labute approximate surface area is 79.9 Å². The lowest BCUT2D eigenvalue weighted by Crippen LogP contribution is -2.37. The fourth-order valence-electron chi connectivity index (χ4n) is 0.793. The van der Waals surface area contributed by atoms with Gasteiger partial charge in [-0.1, -0.05) is 6.08 Å². The fraction of sp³-hybridized carbons (Fsp3) is 0.700. The molecule has 0 saturated heterocycles. The molecule has 0 saturated carbocycles. The van der Waals surface area contributed by atoms with Crippen molar-refractivity contribution in [1.29, 1.82) is 0 Å². The summed E-state index contributed by atoms with van der Waals surface area (Å²) >= 11 is 0. The third-order valence-electron chi connectivity index (χ3n) is 1.39. The molecule has 0 heterocycles. The monoisotopic (exact) mass is 185 g/mol. The van der Waals surface area contributed by atoms with Crippen molar-refractivity contribution in [3.05, 3.63) is 12.7 Å². The molecule has 0 radical (unpaired) electrons. The van der Waals surface area contributed by atoms with Gasteiger partial charge in [-0.2, -0.15) is 0 Å². The first-order valence-corrected chi connectivity index (χ1v) is 4.46. The van der Waals surface area contributed by atoms with E-state index in [1.807, 2.05) is 20.8 Å². The van der Waals surface area contributed by atoms with Gasteiger partial charge in [0.2, 0.25) is 0 Å². The highest BCUT2D eigenvalue weighted by molar-refractivity contribution is 5.75. The number of hydrogen-bond donors (Lipinski definition) is 1. The Morgan fingerprint density at radius 1 is 1.62 bits per heavy atom. The molecular weight excluding hydrogens is 166 g/mol. The highest BCUT2D eigenvalue weighted by atomic mass is 16.6. The predicted octanol–water partition coefficient (Wildman–Crippen LogP) is 1.62. The second kappa shape index (κ2) is 5.02.